The first-order chi connectivity index (χ1) is 10.8. The molecule has 3 rings (SSSR count). The van der Waals surface area contributed by atoms with Gasteiger partial charge in [0.2, 0.25) is 5.91 Å². The Hall–Kier alpha value is -2.49. The molecule has 0 spiro atoms. The van der Waals surface area contributed by atoms with Crippen molar-refractivity contribution in [3.05, 3.63) is 53.6 Å². The zero-order valence-electron chi connectivity index (χ0n) is 12.6. The first-order valence-corrected chi connectivity index (χ1v) is 7.52. The lowest BCUT2D eigenvalue weighted by molar-refractivity contribution is -0.115. The highest BCUT2D eigenvalue weighted by Crippen LogP contribution is 2.27. The molecule has 22 heavy (non-hydrogen) atoms. The minimum absolute atomic E-state index is 0.0500. The summed E-state index contributed by atoms with van der Waals surface area (Å²) in [5.74, 6) is 1.58. The van der Waals surface area contributed by atoms with Gasteiger partial charge in [-0.05, 0) is 36.2 Å². The lowest BCUT2D eigenvalue weighted by Crippen LogP contribution is -2.15. The summed E-state index contributed by atoms with van der Waals surface area (Å²) in [7, 11) is 0. The number of hydrogen-bond acceptors (Lipinski definition) is 3. The quantitative estimate of drug-likeness (QED) is 0.922. The maximum Gasteiger partial charge on any atom is 0.228 e. The van der Waals surface area contributed by atoms with Crippen LogP contribution in [0.5, 0.6) is 11.5 Å². The molecular weight excluding hydrogens is 278 g/mol. The normalized spacial score (nSPS) is 12.4. The van der Waals surface area contributed by atoms with E-state index in [1.54, 1.807) is 0 Å². The zero-order valence-corrected chi connectivity index (χ0v) is 12.6. The fraction of sp³-hybridized carbons (Fsp3) is 0.278. The van der Waals surface area contributed by atoms with Crippen molar-refractivity contribution in [2.75, 3.05) is 18.5 Å². The summed E-state index contributed by atoms with van der Waals surface area (Å²) in [6.07, 6.45) is 1.26. The molecule has 1 N–H and O–H groups in total. The predicted octanol–water partition coefficient (Wildman–Crippen LogP) is 3.20. The molecule has 0 fully saturated rings. The first kappa shape index (κ1) is 14.4. The molecule has 0 saturated heterocycles. The van der Waals surface area contributed by atoms with E-state index in [1.807, 2.05) is 43.3 Å². The average molecular weight is 297 g/mol. The fourth-order valence-corrected chi connectivity index (χ4v) is 2.58. The van der Waals surface area contributed by atoms with Gasteiger partial charge in [0, 0.05) is 6.42 Å². The fourth-order valence-electron chi connectivity index (χ4n) is 2.58. The van der Waals surface area contributed by atoms with Crippen LogP contribution >= 0.6 is 0 Å². The molecule has 4 heteroatoms. The lowest BCUT2D eigenvalue weighted by Gasteiger charge is -2.11. The highest BCUT2D eigenvalue weighted by molar-refractivity contribution is 5.93. The number of rotatable bonds is 5. The van der Waals surface area contributed by atoms with Crippen LogP contribution in [0.4, 0.5) is 5.69 Å². The molecular formula is C18H19NO3. The van der Waals surface area contributed by atoms with Crippen molar-refractivity contribution < 1.29 is 14.3 Å². The standard InChI is InChI=1S/C18H19NO3/c1-2-21-17-6-4-3-5-15(17)19-18(20)12-13-7-8-16-14(11-13)9-10-22-16/h3-8,11H,2,9-10,12H2,1H3,(H,19,20). The highest BCUT2D eigenvalue weighted by Gasteiger charge is 2.14. The van der Waals surface area contributed by atoms with Gasteiger partial charge in [-0.3, -0.25) is 4.79 Å². The van der Waals surface area contributed by atoms with E-state index in [9.17, 15) is 4.79 Å². The summed E-state index contributed by atoms with van der Waals surface area (Å²) in [6, 6.07) is 13.4. The Morgan fingerprint density at radius 1 is 1.27 bits per heavy atom. The number of amides is 1. The van der Waals surface area contributed by atoms with E-state index in [-0.39, 0.29) is 5.91 Å². The van der Waals surface area contributed by atoms with Crippen molar-refractivity contribution in [2.45, 2.75) is 19.8 Å². The predicted molar refractivity (Wildman–Crippen MR) is 85.6 cm³/mol. The molecule has 0 unspecified atom stereocenters. The highest BCUT2D eigenvalue weighted by atomic mass is 16.5. The Labute approximate surface area is 130 Å². The Morgan fingerprint density at radius 3 is 3.00 bits per heavy atom. The molecule has 0 atom stereocenters. The van der Waals surface area contributed by atoms with Crippen molar-refractivity contribution in [3.8, 4) is 11.5 Å². The van der Waals surface area contributed by atoms with Gasteiger partial charge in [0.25, 0.3) is 0 Å². The molecule has 2 aromatic carbocycles. The second kappa shape index (κ2) is 6.52. The van der Waals surface area contributed by atoms with Crippen LogP contribution < -0.4 is 14.8 Å². The summed E-state index contributed by atoms with van der Waals surface area (Å²) in [6.45, 7) is 3.22. The lowest BCUT2D eigenvalue weighted by atomic mass is 10.1. The van der Waals surface area contributed by atoms with E-state index < -0.39 is 0 Å². The second-order valence-corrected chi connectivity index (χ2v) is 5.19. The number of hydrogen-bond donors (Lipinski definition) is 1. The minimum atomic E-state index is -0.0500. The number of ether oxygens (including phenoxy) is 2. The van der Waals surface area contributed by atoms with Crippen LogP contribution in [0.25, 0.3) is 0 Å². The summed E-state index contributed by atoms with van der Waals surface area (Å²) in [5, 5.41) is 2.92. The Bertz CT molecular complexity index is 682. The van der Waals surface area contributed by atoms with Gasteiger partial charge in [-0.15, -0.1) is 0 Å². The molecule has 0 radical (unpaired) electrons. The van der Waals surface area contributed by atoms with Gasteiger partial charge in [-0.2, -0.15) is 0 Å². The van der Waals surface area contributed by atoms with E-state index in [4.69, 9.17) is 9.47 Å². The van der Waals surface area contributed by atoms with Gasteiger partial charge in [0.05, 0.1) is 25.3 Å². The maximum absolute atomic E-state index is 12.2. The summed E-state index contributed by atoms with van der Waals surface area (Å²) >= 11 is 0. The Balaban J connectivity index is 1.68. The summed E-state index contributed by atoms with van der Waals surface area (Å²) < 4.78 is 11.0. The number of carbonyl (C=O) groups excluding carboxylic acids is 1. The van der Waals surface area contributed by atoms with Crippen molar-refractivity contribution >= 4 is 11.6 Å². The molecule has 0 aromatic heterocycles. The maximum atomic E-state index is 12.2. The van der Waals surface area contributed by atoms with Crippen LogP contribution in [0.1, 0.15) is 18.1 Å². The van der Waals surface area contributed by atoms with Crippen molar-refractivity contribution in [2.24, 2.45) is 0 Å². The van der Waals surface area contributed by atoms with Gasteiger partial charge in [-0.1, -0.05) is 24.3 Å². The third-order valence-corrected chi connectivity index (χ3v) is 3.58. The van der Waals surface area contributed by atoms with Gasteiger partial charge < -0.3 is 14.8 Å². The molecule has 114 valence electrons. The molecule has 2 aromatic rings. The van der Waals surface area contributed by atoms with E-state index in [0.29, 0.717) is 24.5 Å². The molecule has 1 amide bonds. The van der Waals surface area contributed by atoms with Crippen LogP contribution in [0.3, 0.4) is 0 Å². The average Bonchev–Trinajstić information content (AvgIpc) is 2.97. The van der Waals surface area contributed by atoms with Gasteiger partial charge in [0.1, 0.15) is 11.5 Å². The van der Waals surface area contributed by atoms with E-state index in [2.05, 4.69) is 11.4 Å². The van der Waals surface area contributed by atoms with Crippen molar-refractivity contribution in [1.29, 1.82) is 0 Å². The van der Waals surface area contributed by atoms with Crippen LogP contribution in [-0.4, -0.2) is 19.1 Å². The first-order valence-electron chi connectivity index (χ1n) is 7.52. The smallest absolute Gasteiger partial charge is 0.228 e. The number of benzene rings is 2. The Morgan fingerprint density at radius 2 is 2.14 bits per heavy atom. The molecule has 0 bridgehead atoms. The van der Waals surface area contributed by atoms with Gasteiger partial charge in [-0.25, -0.2) is 0 Å². The second-order valence-electron chi connectivity index (χ2n) is 5.19. The minimum Gasteiger partial charge on any atom is -0.493 e. The third kappa shape index (κ3) is 3.22. The monoisotopic (exact) mass is 297 g/mol. The van der Waals surface area contributed by atoms with Gasteiger partial charge >= 0.3 is 0 Å². The molecule has 0 saturated carbocycles. The summed E-state index contributed by atoms with van der Waals surface area (Å²) in [5.41, 5.74) is 2.88. The van der Waals surface area contributed by atoms with E-state index in [0.717, 1.165) is 24.3 Å². The molecule has 1 heterocycles. The van der Waals surface area contributed by atoms with Crippen molar-refractivity contribution in [1.82, 2.24) is 0 Å². The number of fused-ring (bicyclic) bond motifs is 1. The summed E-state index contributed by atoms with van der Waals surface area (Å²) in [4.78, 5) is 12.2. The van der Waals surface area contributed by atoms with E-state index >= 15 is 0 Å². The largest absolute Gasteiger partial charge is 0.493 e. The molecule has 1 aliphatic heterocycles. The van der Waals surface area contributed by atoms with Crippen LogP contribution in [0.2, 0.25) is 0 Å². The van der Waals surface area contributed by atoms with Gasteiger partial charge in [0.15, 0.2) is 0 Å². The number of anilines is 1. The van der Waals surface area contributed by atoms with Crippen LogP contribution in [-0.2, 0) is 17.6 Å². The number of para-hydroxylation sites is 2. The molecule has 4 nitrogen and oxygen atoms in total. The van der Waals surface area contributed by atoms with Crippen LogP contribution in [0.15, 0.2) is 42.5 Å². The third-order valence-electron chi connectivity index (χ3n) is 3.58. The number of nitrogens with one attached hydrogen (secondary N) is 1. The van der Waals surface area contributed by atoms with Crippen molar-refractivity contribution in [3.63, 3.8) is 0 Å². The Kier molecular flexibility index (Phi) is 4.28. The number of carbonyl (C=O) groups is 1. The SMILES string of the molecule is CCOc1ccccc1NC(=O)Cc1ccc2c(c1)CCO2. The van der Waals surface area contributed by atoms with Crippen LogP contribution in [0, 0.1) is 0 Å². The molecule has 0 aliphatic carbocycles. The molecule has 1 aliphatic rings. The van der Waals surface area contributed by atoms with E-state index in [1.165, 1.54) is 5.56 Å². The zero-order chi connectivity index (χ0) is 15.4. The topological polar surface area (TPSA) is 47.6 Å².